The zero-order chi connectivity index (χ0) is 18.6. The van der Waals surface area contributed by atoms with Crippen molar-refractivity contribution in [3.8, 4) is 0 Å². The van der Waals surface area contributed by atoms with Crippen LogP contribution in [0, 0.1) is 0 Å². The standard InChI is InChI=1S/C22H21N3O2/c26-21(20-18-10-5-4-9-17(18)12-13-23-20)24-19-11-6-14-25(22(19)27)15-16-7-2-1-3-8-16/h1-5,7-10,12-13,19H,6,11,14-15H2,(H,24,26)/t19-/m0/s1. The topological polar surface area (TPSA) is 62.3 Å². The van der Waals surface area contributed by atoms with E-state index in [9.17, 15) is 9.59 Å². The molecule has 2 amide bonds. The molecule has 0 spiro atoms. The molecule has 0 aliphatic carbocycles. The second kappa shape index (κ2) is 7.58. The molecule has 1 aliphatic heterocycles. The molecule has 3 aromatic rings. The fraction of sp³-hybridized carbons (Fsp3) is 0.227. The van der Waals surface area contributed by atoms with Crippen molar-refractivity contribution >= 4 is 22.6 Å². The quantitative estimate of drug-likeness (QED) is 0.778. The van der Waals surface area contributed by atoms with Gasteiger partial charge in [0, 0.05) is 24.7 Å². The summed E-state index contributed by atoms with van der Waals surface area (Å²) in [4.78, 5) is 31.7. The predicted octanol–water partition coefficient (Wildman–Crippen LogP) is 3.16. The summed E-state index contributed by atoms with van der Waals surface area (Å²) in [6, 6.07) is 18.9. The molecular weight excluding hydrogens is 338 g/mol. The van der Waals surface area contributed by atoms with E-state index >= 15 is 0 Å². The minimum absolute atomic E-state index is 0.0290. The summed E-state index contributed by atoms with van der Waals surface area (Å²) in [5, 5.41) is 4.65. The maximum Gasteiger partial charge on any atom is 0.271 e. The maximum atomic E-state index is 12.9. The molecule has 1 fully saturated rings. The number of hydrogen-bond acceptors (Lipinski definition) is 3. The van der Waals surface area contributed by atoms with Crippen molar-refractivity contribution in [1.29, 1.82) is 0 Å². The third kappa shape index (κ3) is 3.67. The van der Waals surface area contributed by atoms with Crippen LogP contribution in [0.2, 0.25) is 0 Å². The van der Waals surface area contributed by atoms with Crippen LogP contribution in [0.3, 0.4) is 0 Å². The molecule has 5 nitrogen and oxygen atoms in total. The Labute approximate surface area is 158 Å². The number of carbonyl (C=O) groups excluding carboxylic acids is 2. The Hall–Kier alpha value is -3.21. The highest BCUT2D eigenvalue weighted by molar-refractivity contribution is 6.06. The van der Waals surface area contributed by atoms with Crippen LogP contribution < -0.4 is 5.32 Å². The Kier molecular flexibility index (Phi) is 4.83. The lowest BCUT2D eigenvalue weighted by atomic mass is 10.0. The van der Waals surface area contributed by atoms with E-state index in [0.717, 1.165) is 22.8 Å². The number of hydrogen-bond donors (Lipinski definition) is 1. The molecule has 0 unspecified atom stereocenters. The smallest absolute Gasteiger partial charge is 0.271 e. The second-order valence-electron chi connectivity index (χ2n) is 6.79. The molecule has 0 bridgehead atoms. The van der Waals surface area contributed by atoms with E-state index in [0.29, 0.717) is 25.2 Å². The normalized spacial score (nSPS) is 17.1. The number of benzene rings is 2. The lowest BCUT2D eigenvalue weighted by molar-refractivity contribution is -0.136. The fourth-order valence-corrected chi connectivity index (χ4v) is 3.56. The van der Waals surface area contributed by atoms with E-state index in [1.54, 1.807) is 6.20 Å². The van der Waals surface area contributed by atoms with Gasteiger partial charge in [0.05, 0.1) is 0 Å². The Morgan fingerprint density at radius 3 is 2.70 bits per heavy atom. The first kappa shape index (κ1) is 17.2. The van der Waals surface area contributed by atoms with Crippen LogP contribution in [-0.4, -0.2) is 34.3 Å². The Bertz CT molecular complexity index is 966. The van der Waals surface area contributed by atoms with Gasteiger partial charge in [0.1, 0.15) is 11.7 Å². The van der Waals surface area contributed by atoms with Gasteiger partial charge in [-0.25, -0.2) is 0 Å². The van der Waals surface area contributed by atoms with Crippen molar-refractivity contribution in [2.24, 2.45) is 0 Å². The van der Waals surface area contributed by atoms with Crippen LogP contribution in [0.25, 0.3) is 10.8 Å². The molecule has 1 aromatic heterocycles. The molecule has 0 radical (unpaired) electrons. The van der Waals surface area contributed by atoms with E-state index in [1.807, 2.05) is 65.6 Å². The molecule has 1 atom stereocenters. The first-order valence-electron chi connectivity index (χ1n) is 9.20. The molecule has 27 heavy (non-hydrogen) atoms. The third-order valence-corrected chi connectivity index (χ3v) is 4.94. The molecule has 0 saturated carbocycles. The van der Waals surface area contributed by atoms with Gasteiger partial charge in [-0.2, -0.15) is 0 Å². The third-order valence-electron chi connectivity index (χ3n) is 4.94. The number of aromatic nitrogens is 1. The number of nitrogens with one attached hydrogen (secondary N) is 1. The number of carbonyl (C=O) groups is 2. The van der Waals surface area contributed by atoms with Gasteiger partial charge in [-0.05, 0) is 29.9 Å². The van der Waals surface area contributed by atoms with Gasteiger partial charge < -0.3 is 10.2 Å². The van der Waals surface area contributed by atoms with Gasteiger partial charge >= 0.3 is 0 Å². The Morgan fingerprint density at radius 2 is 1.85 bits per heavy atom. The Balaban J connectivity index is 1.50. The highest BCUT2D eigenvalue weighted by atomic mass is 16.2. The van der Waals surface area contributed by atoms with Gasteiger partial charge in [-0.1, -0.05) is 54.6 Å². The van der Waals surface area contributed by atoms with Crippen molar-refractivity contribution in [2.75, 3.05) is 6.54 Å². The van der Waals surface area contributed by atoms with Crippen LogP contribution in [-0.2, 0) is 11.3 Å². The minimum atomic E-state index is -0.504. The predicted molar refractivity (Wildman–Crippen MR) is 104 cm³/mol. The molecule has 4 rings (SSSR count). The summed E-state index contributed by atoms with van der Waals surface area (Å²) in [7, 11) is 0. The van der Waals surface area contributed by atoms with Crippen molar-refractivity contribution in [2.45, 2.75) is 25.4 Å². The van der Waals surface area contributed by atoms with Crippen molar-refractivity contribution in [1.82, 2.24) is 15.2 Å². The number of nitrogens with zero attached hydrogens (tertiary/aromatic N) is 2. The molecule has 136 valence electrons. The number of amides is 2. The summed E-state index contributed by atoms with van der Waals surface area (Å²) in [5.41, 5.74) is 1.45. The van der Waals surface area contributed by atoms with Crippen molar-refractivity contribution in [3.63, 3.8) is 0 Å². The van der Waals surface area contributed by atoms with Gasteiger partial charge in [0.2, 0.25) is 5.91 Å². The van der Waals surface area contributed by atoms with Gasteiger partial charge in [-0.15, -0.1) is 0 Å². The molecule has 1 saturated heterocycles. The van der Waals surface area contributed by atoms with Crippen molar-refractivity contribution < 1.29 is 9.59 Å². The van der Waals surface area contributed by atoms with E-state index < -0.39 is 6.04 Å². The first-order valence-corrected chi connectivity index (χ1v) is 9.20. The highest BCUT2D eigenvalue weighted by Crippen LogP contribution is 2.19. The largest absolute Gasteiger partial charge is 0.339 e. The number of pyridine rings is 1. The summed E-state index contributed by atoms with van der Waals surface area (Å²) in [5.74, 6) is -0.328. The average molecular weight is 359 g/mol. The number of likely N-dealkylation sites (tertiary alicyclic amines) is 1. The van der Waals surface area contributed by atoms with E-state index in [2.05, 4.69) is 10.3 Å². The minimum Gasteiger partial charge on any atom is -0.339 e. The molecule has 1 aliphatic rings. The number of rotatable bonds is 4. The fourth-order valence-electron chi connectivity index (χ4n) is 3.56. The molecule has 2 aromatic carbocycles. The first-order chi connectivity index (χ1) is 13.2. The van der Waals surface area contributed by atoms with Crippen molar-refractivity contribution in [3.05, 3.63) is 78.1 Å². The van der Waals surface area contributed by atoms with Crippen LogP contribution in [0.4, 0.5) is 0 Å². The number of piperidine rings is 1. The Morgan fingerprint density at radius 1 is 1.07 bits per heavy atom. The molecular formula is C22H21N3O2. The highest BCUT2D eigenvalue weighted by Gasteiger charge is 2.30. The molecule has 2 heterocycles. The van der Waals surface area contributed by atoms with E-state index in [4.69, 9.17) is 0 Å². The van der Waals surface area contributed by atoms with Crippen LogP contribution in [0.15, 0.2) is 66.9 Å². The second-order valence-corrected chi connectivity index (χ2v) is 6.79. The molecule has 5 heteroatoms. The summed E-state index contributed by atoms with van der Waals surface area (Å²) in [6.45, 7) is 1.28. The number of fused-ring (bicyclic) bond motifs is 1. The van der Waals surface area contributed by atoms with Gasteiger partial charge in [0.25, 0.3) is 5.91 Å². The maximum absolute atomic E-state index is 12.9. The monoisotopic (exact) mass is 359 g/mol. The lowest BCUT2D eigenvalue weighted by Crippen LogP contribution is -2.52. The average Bonchev–Trinajstić information content (AvgIpc) is 2.71. The van der Waals surface area contributed by atoms with E-state index in [1.165, 1.54) is 0 Å². The van der Waals surface area contributed by atoms with Gasteiger partial charge in [0.15, 0.2) is 0 Å². The van der Waals surface area contributed by atoms with Crippen LogP contribution in [0.5, 0.6) is 0 Å². The zero-order valence-corrected chi connectivity index (χ0v) is 15.0. The lowest BCUT2D eigenvalue weighted by Gasteiger charge is -2.32. The van der Waals surface area contributed by atoms with Crippen LogP contribution in [0.1, 0.15) is 28.9 Å². The zero-order valence-electron chi connectivity index (χ0n) is 15.0. The van der Waals surface area contributed by atoms with Gasteiger partial charge in [-0.3, -0.25) is 14.6 Å². The summed E-state index contributed by atoms with van der Waals surface area (Å²) >= 11 is 0. The van der Waals surface area contributed by atoms with Crippen LogP contribution >= 0.6 is 0 Å². The molecule has 1 N–H and O–H groups in total. The summed E-state index contributed by atoms with van der Waals surface area (Å²) in [6.07, 6.45) is 3.15. The SMILES string of the molecule is O=C(N[C@H]1CCCN(Cc2ccccc2)C1=O)c1nccc2ccccc12. The van der Waals surface area contributed by atoms with E-state index in [-0.39, 0.29) is 11.8 Å². The summed E-state index contributed by atoms with van der Waals surface area (Å²) < 4.78 is 0.